The van der Waals surface area contributed by atoms with Crippen LogP contribution in [0, 0.1) is 0 Å². The van der Waals surface area contributed by atoms with Gasteiger partial charge in [-0.05, 0) is 56.5 Å². The zero-order valence-corrected chi connectivity index (χ0v) is 21.6. The number of benzene rings is 2. The first-order chi connectivity index (χ1) is 14.6. The second-order valence-corrected chi connectivity index (χ2v) is 10.7. The van der Waals surface area contributed by atoms with Crippen LogP contribution in [-0.2, 0) is 21.9 Å². The van der Waals surface area contributed by atoms with Gasteiger partial charge in [0.1, 0.15) is 6.04 Å². The smallest absolute Gasteiger partial charge is 0.243 e. The van der Waals surface area contributed by atoms with E-state index in [1.807, 2.05) is 70.2 Å². The van der Waals surface area contributed by atoms with Crippen molar-refractivity contribution in [1.29, 1.82) is 0 Å². The third kappa shape index (κ3) is 8.51. The van der Waals surface area contributed by atoms with E-state index in [-0.39, 0.29) is 17.4 Å². The van der Waals surface area contributed by atoms with E-state index in [2.05, 4.69) is 21.2 Å². The van der Waals surface area contributed by atoms with Crippen LogP contribution in [0.1, 0.15) is 45.2 Å². The summed E-state index contributed by atoms with van der Waals surface area (Å²) in [5, 5.41) is 3.61. The molecule has 0 aromatic heterocycles. The van der Waals surface area contributed by atoms with E-state index in [0.717, 1.165) is 21.4 Å². The quantitative estimate of drug-likeness (QED) is 0.433. The number of thioether (sulfide) groups is 1. The minimum absolute atomic E-state index is 0.0714. The first kappa shape index (κ1) is 25.8. The molecule has 2 aromatic rings. The zero-order chi connectivity index (χ0) is 23.0. The first-order valence-corrected chi connectivity index (χ1v) is 12.6. The van der Waals surface area contributed by atoms with Crippen molar-refractivity contribution in [3.05, 3.63) is 69.2 Å². The molecule has 1 unspecified atom stereocenters. The normalized spacial score (nSPS) is 12.3. The molecule has 7 heteroatoms. The van der Waals surface area contributed by atoms with Crippen molar-refractivity contribution in [2.75, 3.05) is 5.75 Å². The van der Waals surface area contributed by atoms with Crippen LogP contribution in [0.2, 0.25) is 5.02 Å². The van der Waals surface area contributed by atoms with Crippen LogP contribution in [0.5, 0.6) is 0 Å². The summed E-state index contributed by atoms with van der Waals surface area (Å²) < 4.78 is 1.03. The van der Waals surface area contributed by atoms with E-state index in [9.17, 15) is 9.59 Å². The van der Waals surface area contributed by atoms with Gasteiger partial charge in [0.05, 0.1) is 5.75 Å². The Morgan fingerprint density at radius 2 is 1.77 bits per heavy atom. The molecular formula is C24H30BrClN2O2S. The van der Waals surface area contributed by atoms with Crippen LogP contribution >= 0.6 is 39.3 Å². The van der Waals surface area contributed by atoms with Crippen molar-refractivity contribution in [3.8, 4) is 0 Å². The summed E-state index contributed by atoms with van der Waals surface area (Å²) >= 11 is 11.3. The van der Waals surface area contributed by atoms with Crippen molar-refractivity contribution in [2.45, 2.75) is 58.0 Å². The highest BCUT2D eigenvalue weighted by Crippen LogP contribution is 2.22. The minimum Gasteiger partial charge on any atom is -0.350 e. The Labute approximate surface area is 203 Å². The number of hydrogen-bond acceptors (Lipinski definition) is 3. The summed E-state index contributed by atoms with van der Waals surface area (Å²) in [6.45, 7) is 8.03. The van der Waals surface area contributed by atoms with Crippen molar-refractivity contribution < 1.29 is 9.59 Å². The van der Waals surface area contributed by atoms with Crippen molar-refractivity contribution in [2.24, 2.45) is 0 Å². The molecule has 0 bridgehead atoms. The van der Waals surface area contributed by atoms with Gasteiger partial charge in [-0.3, -0.25) is 9.59 Å². The third-order valence-corrected chi connectivity index (χ3v) is 6.48. The zero-order valence-electron chi connectivity index (χ0n) is 18.5. The maximum atomic E-state index is 13.2. The van der Waals surface area contributed by atoms with E-state index >= 15 is 0 Å². The third-order valence-electron chi connectivity index (χ3n) is 4.59. The number of amides is 2. The van der Waals surface area contributed by atoms with Gasteiger partial charge in [-0.1, -0.05) is 64.8 Å². The van der Waals surface area contributed by atoms with Crippen LogP contribution in [0.15, 0.2) is 53.0 Å². The molecule has 2 amide bonds. The van der Waals surface area contributed by atoms with Crippen LogP contribution in [0.4, 0.5) is 0 Å². The second kappa shape index (κ2) is 11.9. The molecule has 0 fully saturated rings. The molecule has 0 aliphatic heterocycles. The molecule has 0 saturated carbocycles. The van der Waals surface area contributed by atoms with E-state index in [0.29, 0.717) is 23.7 Å². The lowest BCUT2D eigenvalue weighted by Crippen LogP contribution is -2.53. The van der Waals surface area contributed by atoms with Gasteiger partial charge in [0.25, 0.3) is 0 Å². The van der Waals surface area contributed by atoms with Gasteiger partial charge in [-0.25, -0.2) is 0 Å². The highest BCUT2D eigenvalue weighted by molar-refractivity contribution is 9.10. The molecular weight excluding hydrogens is 496 g/mol. The first-order valence-electron chi connectivity index (χ1n) is 10.3. The average Bonchev–Trinajstić information content (AvgIpc) is 2.69. The minimum atomic E-state index is -0.559. The summed E-state index contributed by atoms with van der Waals surface area (Å²) in [5.74, 6) is 0.801. The summed E-state index contributed by atoms with van der Waals surface area (Å²) in [6, 6.07) is 14.9. The Morgan fingerprint density at radius 3 is 2.35 bits per heavy atom. The van der Waals surface area contributed by atoms with Crippen molar-refractivity contribution in [3.63, 3.8) is 0 Å². The number of rotatable bonds is 9. The predicted molar refractivity (Wildman–Crippen MR) is 134 cm³/mol. The Kier molecular flexibility index (Phi) is 9.91. The fraction of sp³-hybridized carbons (Fsp3) is 0.417. The molecule has 4 nitrogen and oxygen atoms in total. The molecule has 2 aromatic carbocycles. The van der Waals surface area contributed by atoms with Crippen LogP contribution in [-0.4, -0.2) is 34.0 Å². The van der Waals surface area contributed by atoms with Gasteiger partial charge in [0.15, 0.2) is 0 Å². The summed E-state index contributed by atoms with van der Waals surface area (Å²) in [5.41, 5.74) is 1.61. The molecule has 1 N–H and O–H groups in total. The lowest BCUT2D eigenvalue weighted by atomic mass is 10.1. The van der Waals surface area contributed by atoms with E-state index < -0.39 is 6.04 Å². The Balaban J connectivity index is 2.16. The Hall–Kier alpha value is -1.50. The predicted octanol–water partition coefficient (Wildman–Crippen LogP) is 6.06. The Morgan fingerprint density at radius 1 is 1.13 bits per heavy atom. The molecule has 0 aliphatic carbocycles. The molecule has 1 atom stereocenters. The maximum absolute atomic E-state index is 13.2. The molecule has 31 heavy (non-hydrogen) atoms. The maximum Gasteiger partial charge on any atom is 0.243 e. The number of nitrogens with zero attached hydrogens (tertiary/aromatic N) is 1. The highest BCUT2D eigenvalue weighted by Gasteiger charge is 2.30. The van der Waals surface area contributed by atoms with Gasteiger partial charge in [-0.15, -0.1) is 11.8 Å². The fourth-order valence-corrected chi connectivity index (χ4v) is 4.43. The van der Waals surface area contributed by atoms with Crippen molar-refractivity contribution >= 4 is 51.1 Å². The monoisotopic (exact) mass is 524 g/mol. The molecule has 2 rings (SSSR count). The van der Waals surface area contributed by atoms with Gasteiger partial charge < -0.3 is 10.2 Å². The van der Waals surface area contributed by atoms with Crippen LogP contribution in [0.3, 0.4) is 0 Å². The summed E-state index contributed by atoms with van der Waals surface area (Å²) in [6.07, 6.45) is 0.523. The second-order valence-electron chi connectivity index (χ2n) is 8.40. The lowest BCUT2D eigenvalue weighted by Gasteiger charge is -2.33. The molecule has 0 aliphatic rings. The van der Waals surface area contributed by atoms with Gasteiger partial charge >= 0.3 is 0 Å². The topological polar surface area (TPSA) is 49.4 Å². The van der Waals surface area contributed by atoms with Gasteiger partial charge in [0.2, 0.25) is 11.8 Å². The van der Waals surface area contributed by atoms with E-state index in [4.69, 9.17) is 11.6 Å². The summed E-state index contributed by atoms with van der Waals surface area (Å²) in [7, 11) is 0. The van der Waals surface area contributed by atoms with Crippen LogP contribution < -0.4 is 5.32 Å². The van der Waals surface area contributed by atoms with Crippen LogP contribution in [0.25, 0.3) is 0 Å². The molecule has 0 radical (unpaired) electrons. The number of hydrogen-bond donors (Lipinski definition) is 1. The lowest BCUT2D eigenvalue weighted by molar-refractivity contribution is -0.140. The van der Waals surface area contributed by atoms with Gasteiger partial charge in [-0.2, -0.15) is 0 Å². The number of halogens is 2. The number of nitrogens with one attached hydrogen (secondary N) is 1. The number of carbonyl (C=O) groups is 2. The Bertz CT molecular complexity index is 884. The summed E-state index contributed by atoms with van der Waals surface area (Å²) in [4.78, 5) is 27.9. The largest absolute Gasteiger partial charge is 0.350 e. The van der Waals surface area contributed by atoms with Gasteiger partial charge in [0, 0.05) is 27.3 Å². The molecule has 0 heterocycles. The van der Waals surface area contributed by atoms with Crippen molar-refractivity contribution in [1.82, 2.24) is 10.2 Å². The molecule has 168 valence electrons. The molecule has 0 spiro atoms. The highest BCUT2D eigenvalue weighted by atomic mass is 79.9. The van der Waals surface area contributed by atoms with E-state index in [1.165, 1.54) is 0 Å². The standard InChI is InChI=1S/C24H30BrClN2O2S/c1-5-21(23(30)27-24(2,3)4)28(14-18-8-6-7-9-20(18)26)22(29)16-31-15-17-10-12-19(25)13-11-17/h6-13,21H,5,14-16H2,1-4H3,(H,27,30). The van der Waals surface area contributed by atoms with E-state index in [1.54, 1.807) is 22.7 Å². The fourth-order valence-electron chi connectivity index (χ4n) is 3.10. The molecule has 0 saturated heterocycles. The average molecular weight is 526 g/mol. The SMILES string of the molecule is CCC(C(=O)NC(C)(C)C)N(Cc1ccccc1Cl)C(=O)CSCc1ccc(Br)cc1. The number of carbonyl (C=O) groups excluding carboxylic acids is 2.